The second-order valence-electron chi connectivity index (χ2n) is 7.45. The molecule has 1 heterocycles. The predicted molar refractivity (Wildman–Crippen MR) is 87.4 cm³/mol. The van der Waals surface area contributed by atoms with Crippen molar-refractivity contribution < 1.29 is 4.79 Å². The van der Waals surface area contributed by atoms with Crippen molar-refractivity contribution in [3.8, 4) is 0 Å². The maximum Gasteiger partial charge on any atom is 0.315 e. The van der Waals surface area contributed by atoms with Crippen LogP contribution in [-0.4, -0.2) is 42.6 Å². The van der Waals surface area contributed by atoms with Gasteiger partial charge in [-0.25, -0.2) is 4.79 Å². The zero-order valence-electron chi connectivity index (χ0n) is 14.0. The molecule has 0 unspecified atom stereocenters. The van der Waals surface area contributed by atoms with E-state index in [0.29, 0.717) is 18.0 Å². The topological polar surface area (TPSA) is 44.4 Å². The minimum atomic E-state index is 0.0519. The molecule has 0 radical (unpaired) electrons. The summed E-state index contributed by atoms with van der Waals surface area (Å²) in [6, 6.07) is 0.781. The summed E-state index contributed by atoms with van der Waals surface area (Å²) in [4.78, 5) is 14.7. The van der Waals surface area contributed by atoms with Crippen LogP contribution >= 0.6 is 0 Å². The van der Waals surface area contributed by atoms with Gasteiger partial charge in [0.15, 0.2) is 0 Å². The molecule has 2 aliphatic rings. The number of likely N-dealkylation sites (tertiary alicyclic amines) is 1. The quantitative estimate of drug-likeness (QED) is 0.837. The molecule has 1 saturated heterocycles. The van der Waals surface area contributed by atoms with Crippen molar-refractivity contribution >= 4 is 6.03 Å². The first-order valence-electron chi connectivity index (χ1n) is 8.84. The van der Waals surface area contributed by atoms with Gasteiger partial charge >= 0.3 is 6.03 Å². The van der Waals surface area contributed by atoms with Gasteiger partial charge in [-0.2, -0.15) is 0 Å². The third kappa shape index (κ3) is 5.50. The summed E-state index contributed by atoms with van der Waals surface area (Å²) in [6.07, 6.45) is 7.12. The second-order valence-corrected chi connectivity index (χ2v) is 7.45. The van der Waals surface area contributed by atoms with E-state index in [-0.39, 0.29) is 6.03 Å². The minimum absolute atomic E-state index is 0.0519. The highest BCUT2D eigenvalue weighted by Gasteiger charge is 2.25. The number of carbonyl (C=O) groups is 1. The van der Waals surface area contributed by atoms with E-state index in [1.165, 1.54) is 25.8 Å². The normalized spacial score (nSPS) is 28.6. The van der Waals surface area contributed by atoms with Gasteiger partial charge in [0, 0.05) is 31.7 Å². The van der Waals surface area contributed by atoms with Crippen molar-refractivity contribution in [1.29, 1.82) is 0 Å². The number of nitrogens with one attached hydrogen (secondary N) is 2. The van der Waals surface area contributed by atoms with E-state index in [1.807, 2.05) is 0 Å². The van der Waals surface area contributed by atoms with Crippen molar-refractivity contribution in [1.82, 2.24) is 15.5 Å². The van der Waals surface area contributed by atoms with Crippen LogP contribution in [0.15, 0.2) is 0 Å². The Morgan fingerprint density at radius 2 is 1.76 bits per heavy atom. The molecule has 2 N–H and O–H groups in total. The van der Waals surface area contributed by atoms with Gasteiger partial charge in [0.2, 0.25) is 0 Å². The van der Waals surface area contributed by atoms with E-state index in [4.69, 9.17) is 0 Å². The van der Waals surface area contributed by atoms with Gasteiger partial charge in [-0.1, -0.05) is 33.6 Å². The molecule has 1 saturated carbocycles. The molecule has 2 atom stereocenters. The van der Waals surface area contributed by atoms with Crippen molar-refractivity contribution in [2.75, 3.05) is 19.6 Å². The molecular formula is C17H33N3O. The molecule has 21 heavy (non-hydrogen) atoms. The van der Waals surface area contributed by atoms with Crippen LogP contribution in [0.4, 0.5) is 4.79 Å². The van der Waals surface area contributed by atoms with Crippen LogP contribution in [0.25, 0.3) is 0 Å². The lowest BCUT2D eigenvalue weighted by atomic mass is 9.86. The average Bonchev–Trinajstić information content (AvgIpc) is 2.43. The number of carbonyl (C=O) groups excluding carboxylic acids is 1. The third-order valence-corrected chi connectivity index (χ3v) is 4.97. The zero-order chi connectivity index (χ0) is 15.2. The fraction of sp³-hybridized carbons (Fsp3) is 0.941. The predicted octanol–water partition coefficient (Wildman–Crippen LogP) is 2.98. The molecule has 0 aromatic rings. The Balaban J connectivity index is 1.67. The number of hydrogen-bond donors (Lipinski definition) is 2. The highest BCUT2D eigenvalue weighted by Crippen LogP contribution is 2.23. The summed E-state index contributed by atoms with van der Waals surface area (Å²) >= 11 is 0. The minimum Gasteiger partial charge on any atom is -0.335 e. The van der Waals surface area contributed by atoms with Gasteiger partial charge in [-0.3, -0.25) is 0 Å². The first kappa shape index (κ1) is 16.6. The van der Waals surface area contributed by atoms with E-state index in [9.17, 15) is 4.79 Å². The second kappa shape index (κ2) is 8.02. The molecule has 2 rings (SSSR count). The molecule has 0 spiro atoms. The van der Waals surface area contributed by atoms with E-state index in [2.05, 4.69) is 36.3 Å². The third-order valence-electron chi connectivity index (χ3n) is 4.97. The molecular weight excluding hydrogens is 262 g/mol. The van der Waals surface area contributed by atoms with E-state index in [1.54, 1.807) is 0 Å². The van der Waals surface area contributed by atoms with Crippen LogP contribution in [0.2, 0.25) is 0 Å². The Kier molecular flexibility index (Phi) is 6.34. The van der Waals surface area contributed by atoms with Crippen molar-refractivity contribution in [3.05, 3.63) is 0 Å². The molecule has 1 aliphatic carbocycles. The summed E-state index contributed by atoms with van der Waals surface area (Å²) in [5.74, 6) is 1.35. The monoisotopic (exact) mass is 295 g/mol. The lowest BCUT2D eigenvalue weighted by molar-refractivity contribution is 0.174. The number of urea groups is 1. The van der Waals surface area contributed by atoms with Crippen LogP contribution < -0.4 is 10.6 Å². The van der Waals surface area contributed by atoms with Gasteiger partial charge in [0.05, 0.1) is 0 Å². The van der Waals surface area contributed by atoms with Crippen LogP contribution in [0, 0.1) is 11.8 Å². The van der Waals surface area contributed by atoms with Crippen LogP contribution in [0.1, 0.15) is 59.3 Å². The van der Waals surface area contributed by atoms with Crippen LogP contribution in [-0.2, 0) is 0 Å². The molecule has 2 fully saturated rings. The van der Waals surface area contributed by atoms with E-state index in [0.717, 1.165) is 38.3 Å². The molecule has 1 aliphatic heterocycles. The molecule has 0 bridgehead atoms. The van der Waals surface area contributed by atoms with E-state index >= 15 is 0 Å². The smallest absolute Gasteiger partial charge is 0.315 e. The highest BCUT2D eigenvalue weighted by atomic mass is 16.2. The Morgan fingerprint density at radius 3 is 2.38 bits per heavy atom. The molecule has 122 valence electrons. The maximum absolute atomic E-state index is 12.1. The first-order chi connectivity index (χ1) is 10.0. The SMILES string of the molecule is CC(C)CN1CCC(NC(=O)N[C@@H]2CCCC[C@@H]2C)CC1. The lowest BCUT2D eigenvalue weighted by Crippen LogP contribution is -2.51. The first-order valence-corrected chi connectivity index (χ1v) is 8.84. The Labute approximate surface area is 130 Å². The Morgan fingerprint density at radius 1 is 1.10 bits per heavy atom. The van der Waals surface area contributed by atoms with E-state index < -0.39 is 0 Å². The number of rotatable bonds is 4. The molecule has 0 aromatic carbocycles. The lowest BCUT2D eigenvalue weighted by Gasteiger charge is -2.34. The van der Waals surface area contributed by atoms with Crippen molar-refractivity contribution in [2.45, 2.75) is 71.4 Å². The average molecular weight is 295 g/mol. The number of amides is 2. The number of piperidine rings is 1. The number of hydrogen-bond acceptors (Lipinski definition) is 2. The van der Waals surface area contributed by atoms with Gasteiger partial charge in [0.1, 0.15) is 0 Å². The highest BCUT2D eigenvalue weighted by molar-refractivity contribution is 5.74. The van der Waals surface area contributed by atoms with Crippen LogP contribution in [0.3, 0.4) is 0 Å². The number of nitrogens with zero attached hydrogens (tertiary/aromatic N) is 1. The molecule has 0 aromatic heterocycles. The summed E-state index contributed by atoms with van der Waals surface area (Å²) in [5.41, 5.74) is 0. The summed E-state index contributed by atoms with van der Waals surface area (Å²) < 4.78 is 0. The van der Waals surface area contributed by atoms with Gasteiger partial charge < -0.3 is 15.5 Å². The zero-order valence-corrected chi connectivity index (χ0v) is 14.0. The van der Waals surface area contributed by atoms with Gasteiger partial charge in [0.25, 0.3) is 0 Å². The maximum atomic E-state index is 12.1. The van der Waals surface area contributed by atoms with Gasteiger partial charge in [-0.15, -0.1) is 0 Å². The molecule has 2 amide bonds. The standard InChI is InChI=1S/C17H33N3O/c1-13(2)12-20-10-8-15(9-11-20)18-17(21)19-16-7-5-4-6-14(16)3/h13-16H,4-12H2,1-3H3,(H2,18,19,21)/t14-,16+/m0/s1. The molecule has 4 heteroatoms. The fourth-order valence-corrected chi connectivity index (χ4v) is 3.70. The Bertz CT molecular complexity index is 324. The fourth-order valence-electron chi connectivity index (χ4n) is 3.70. The van der Waals surface area contributed by atoms with Gasteiger partial charge in [-0.05, 0) is 37.5 Å². The Hall–Kier alpha value is -0.770. The summed E-state index contributed by atoms with van der Waals surface area (Å²) in [6.45, 7) is 10.2. The summed E-state index contributed by atoms with van der Waals surface area (Å²) in [7, 11) is 0. The molecule has 4 nitrogen and oxygen atoms in total. The summed E-state index contributed by atoms with van der Waals surface area (Å²) in [5, 5.41) is 6.38. The largest absolute Gasteiger partial charge is 0.335 e. The van der Waals surface area contributed by atoms with Crippen LogP contribution in [0.5, 0.6) is 0 Å². The van der Waals surface area contributed by atoms with Crippen molar-refractivity contribution in [2.24, 2.45) is 11.8 Å². The van der Waals surface area contributed by atoms with Crippen molar-refractivity contribution in [3.63, 3.8) is 0 Å².